The topological polar surface area (TPSA) is 50.5 Å². The number of nitrogens with zero attached hydrogens (tertiary/aromatic N) is 4. The van der Waals surface area contributed by atoms with Gasteiger partial charge in [-0.2, -0.15) is 18.2 Å². The van der Waals surface area contributed by atoms with Crippen LogP contribution in [0, 0.1) is 0 Å². The van der Waals surface area contributed by atoms with Crippen molar-refractivity contribution in [3.05, 3.63) is 40.4 Å². The molecule has 2 amide bonds. The predicted octanol–water partition coefficient (Wildman–Crippen LogP) is 3.07. The highest BCUT2D eigenvalue weighted by molar-refractivity contribution is 7.07. The highest BCUT2D eigenvalue weighted by atomic mass is 32.1. The molecular formula is C14H13F3N4OS. The molecule has 0 aliphatic carbocycles. The number of rotatable bonds is 1. The number of halogens is 3. The number of aromatic nitrogens is 2. The van der Waals surface area contributed by atoms with Crippen molar-refractivity contribution in [1.29, 1.82) is 0 Å². The summed E-state index contributed by atoms with van der Waals surface area (Å²) in [5, 5.41) is 1.66. The Kier molecular flexibility index (Phi) is 4.20. The Morgan fingerprint density at radius 3 is 2.70 bits per heavy atom. The van der Waals surface area contributed by atoms with Crippen molar-refractivity contribution in [3.8, 4) is 5.69 Å². The van der Waals surface area contributed by atoms with E-state index < -0.39 is 11.7 Å². The predicted molar refractivity (Wildman–Crippen MR) is 78.2 cm³/mol. The van der Waals surface area contributed by atoms with Crippen LogP contribution in [0.25, 0.3) is 5.69 Å². The molecule has 3 heterocycles. The molecule has 5 nitrogen and oxygen atoms in total. The first kappa shape index (κ1) is 15.7. The Balaban J connectivity index is 1.96. The summed E-state index contributed by atoms with van der Waals surface area (Å²) in [5.41, 5.74) is -0.625. The Labute approximate surface area is 133 Å². The summed E-state index contributed by atoms with van der Waals surface area (Å²) in [6.45, 7) is 1.33. The highest BCUT2D eigenvalue weighted by Gasteiger charge is 2.31. The number of hydrogen-bond donors (Lipinski definition) is 0. The molecule has 1 saturated heterocycles. The quantitative estimate of drug-likeness (QED) is 0.800. The molecule has 0 bridgehead atoms. The maximum absolute atomic E-state index is 12.8. The number of thiazole rings is 1. The summed E-state index contributed by atoms with van der Waals surface area (Å²) in [4.78, 5) is 21.7. The van der Waals surface area contributed by atoms with Crippen LogP contribution in [0.4, 0.5) is 18.0 Å². The van der Waals surface area contributed by atoms with Gasteiger partial charge in [0.25, 0.3) is 0 Å². The Hall–Kier alpha value is -2.16. The summed E-state index contributed by atoms with van der Waals surface area (Å²) in [7, 11) is 0. The highest BCUT2D eigenvalue weighted by Crippen LogP contribution is 2.29. The lowest BCUT2D eigenvalue weighted by atomic mass is 10.2. The van der Waals surface area contributed by atoms with Gasteiger partial charge in [-0.1, -0.05) is 0 Å². The van der Waals surface area contributed by atoms with E-state index >= 15 is 0 Å². The summed E-state index contributed by atoms with van der Waals surface area (Å²) < 4.78 is 39.8. The first-order chi connectivity index (χ1) is 10.9. The molecule has 2 aromatic rings. The third-order valence-electron chi connectivity index (χ3n) is 3.49. The van der Waals surface area contributed by atoms with Crippen molar-refractivity contribution in [2.75, 3.05) is 13.1 Å². The zero-order valence-corrected chi connectivity index (χ0v) is 12.8. The van der Waals surface area contributed by atoms with E-state index in [1.807, 2.05) is 0 Å². The van der Waals surface area contributed by atoms with Crippen LogP contribution in [-0.4, -0.2) is 33.6 Å². The van der Waals surface area contributed by atoms with Gasteiger partial charge in [0.2, 0.25) is 0 Å². The number of amides is 2. The molecule has 23 heavy (non-hydrogen) atoms. The van der Waals surface area contributed by atoms with Crippen molar-refractivity contribution in [3.63, 3.8) is 0 Å². The van der Waals surface area contributed by atoms with Gasteiger partial charge in [-0.3, -0.25) is 9.55 Å². The molecule has 0 radical (unpaired) electrons. The van der Waals surface area contributed by atoms with Crippen molar-refractivity contribution >= 4 is 17.4 Å². The van der Waals surface area contributed by atoms with Crippen LogP contribution in [-0.2, 0) is 6.18 Å². The zero-order chi connectivity index (χ0) is 16.4. The van der Waals surface area contributed by atoms with E-state index in [-0.39, 0.29) is 11.7 Å². The minimum Gasteiger partial charge on any atom is -0.323 e. The molecule has 9 heteroatoms. The van der Waals surface area contributed by atoms with Gasteiger partial charge in [-0.15, -0.1) is 11.3 Å². The lowest BCUT2D eigenvalue weighted by molar-refractivity contribution is -0.137. The number of urea groups is 1. The normalized spacial score (nSPS) is 16.1. The lowest BCUT2D eigenvalue weighted by Gasteiger charge is -2.11. The zero-order valence-electron chi connectivity index (χ0n) is 12.0. The SMILES string of the molecule is O=C(/N=c1\sccn1-c1cncc(C(F)(F)F)c1)N1CCCC1. The third kappa shape index (κ3) is 3.44. The van der Waals surface area contributed by atoms with E-state index in [4.69, 9.17) is 0 Å². The molecule has 0 N–H and O–H groups in total. The van der Waals surface area contributed by atoms with Crippen molar-refractivity contribution in [2.45, 2.75) is 19.0 Å². The van der Waals surface area contributed by atoms with Crippen LogP contribution in [0.5, 0.6) is 0 Å². The van der Waals surface area contributed by atoms with Gasteiger partial charge in [-0.25, -0.2) is 4.79 Å². The van der Waals surface area contributed by atoms with E-state index in [0.29, 0.717) is 17.9 Å². The number of carbonyl (C=O) groups excluding carboxylic acids is 1. The number of carbonyl (C=O) groups is 1. The molecule has 0 unspecified atom stereocenters. The van der Waals surface area contributed by atoms with Gasteiger partial charge < -0.3 is 4.90 Å². The number of pyridine rings is 1. The van der Waals surface area contributed by atoms with Gasteiger partial charge in [0.15, 0.2) is 4.80 Å². The summed E-state index contributed by atoms with van der Waals surface area (Å²) in [6, 6.07) is 0.623. The first-order valence-corrected chi connectivity index (χ1v) is 7.85. The number of likely N-dealkylation sites (tertiary alicyclic amines) is 1. The van der Waals surface area contributed by atoms with Crippen molar-refractivity contribution < 1.29 is 18.0 Å². The van der Waals surface area contributed by atoms with E-state index in [1.165, 1.54) is 22.1 Å². The van der Waals surface area contributed by atoms with E-state index in [2.05, 4.69) is 9.98 Å². The van der Waals surface area contributed by atoms with Crippen LogP contribution in [0.3, 0.4) is 0 Å². The molecular weight excluding hydrogens is 329 g/mol. The molecule has 0 spiro atoms. The summed E-state index contributed by atoms with van der Waals surface area (Å²) in [5.74, 6) is 0. The fourth-order valence-electron chi connectivity index (χ4n) is 2.32. The molecule has 122 valence electrons. The monoisotopic (exact) mass is 342 g/mol. The number of alkyl halides is 3. The van der Waals surface area contributed by atoms with Crippen LogP contribution < -0.4 is 4.80 Å². The van der Waals surface area contributed by atoms with Gasteiger partial charge in [0, 0.05) is 30.9 Å². The molecule has 0 atom stereocenters. The average molecular weight is 342 g/mol. The second-order valence-corrected chi connectivity index (χ2v) is 5.95. The minimum atomic E-state index is -4.47. The van der Waals surface area contributed by atoms with Gasteiger partial charge >= 0.3 is 12.2 Å². The second-order valence-electron chi connectivity index (χ2n) is 5.07. The average Bonchev–Trinajstić information content (AvgIpc) is 3.18. The minimum absolute atomic E-state index is 0.217. The van der Waals surface area contributed by atoms with Crippen LogP contribution in [0.1, 0.15) is 18.4 Å². The van der Waals surface area contributed by atoms with Gasteiger partial charge in [-0.05, 0) is 18.9 Å². The maximum Gasteiger partial charge on any atom is 0.417 e. The summed E-state index contributed by atoms with van der Waals surface area (Å²) in [6.07, 6.45) is 1.07. The smallest absolute Gasteiger partial charge is 0.323 e. The molecule has 1 fully saturated rings. The fraction of sp³-hybridized carbons (Fsp3) is 0.357. The molecule has 0 aromatic carbocycles. The maximum atomic E-state index is 12.8. The molecule has 2 aromatic heterocycles. The summed E-state index contributed by atoms with van der Waals surface area (Å²) >= 11 is 1.18. The van der Waals surface area contributed by atoms with E-state index in [1.54, 1.807) is 16.5 Å². The van der Waals surface area contributed by atoms with Crippen LogP contribution >= 0.6 is 11.3 Å². The van der Waals surface area contributed by atoms with E-state index in [0.717, 1.165) is 25.1 Å². The van der Waals surface area contributed by atoms with Crippen molar-refractivity contribution in [1.82, 2.24) is 14.5 Å². The third-order valence-corrected chi connectivity index (χ3v) is 4.24. The van der Waals surface area contributed by atoms with Crippen LogP contribution in [0.15, 0.2) is 35.0 Å². The first-order valence-electron chi connectivity index (χ1n) is 6.97. The van der Waals surface area contributed by atoms with Crippen LogP contribution in [0.2, 0.25) is 0 Å². The second kappa shape index (κ2) is 6.15. The molecule has 1 aliphatic heterocycles. The number of hydrogen-bond acceptors (Lipinski definition) is 3. The molecule has 3 rings (SSSR count). The fourth-order valence-corrected chi connectivity index (χ4v) is 3.04. The van der Waals surface area contributed by atoms with E-state index in [9.17, 15) is 18.0 Å². The largest absolute Gasteiger partial charge is 0.417 e. The Morgan fingerprint density at radius 1 is 1.26 bits per heavy atom. The van der Waals surface area contributed by atoms with Gasteiger partial charge in [0.05, 0.1) is 17.4 Å². The molecule has 1 aliphatic rings. The molecule has 0 saturated carbocycles. The lowest BCUT2D eigenvalue weighted by Crippen LogP contribution is -2.27. The standard InChI is InChI=1S/C14H13F3N4OS/c15-14(16,17)10-7-11(9-18-8-10)21-5-6-23-13(21)19-12(22)20-3-1-2-4-20/h5-9H,1-4H2/b19-13-. The van der Waals surface area contributed by atoms with Crippen molar-refractivity contribution in [2.24, 2.45) is 4.99 Å². The Bertz CT molecular complexity index is 775. The Morgan fingerprint density at radius 2 is 2.00 bits per heavy atom. The van der Waals surface area contributed by atoms with Gasteiger partial charge in [0.1, 0.15) is 0 Å².